The molecule has 2 aliphatic heterocycles. The van der Waals surface area contributed by atoms with Gasteiger partial charge in [-0.25, -0.2) is 14.7 Å². The minimum atomic E-state index is -0.337. The van der Waals surface area contributed by atoms with E-state index in [2.05, 4.69) is 24.8 Å². The molecule has 27 heavy (non-hydrogen) atoms. The van der Waals surface area contributed by atoms with Crippen LogP contribution in [0.2, 0.25) is 0 Å². The number of aryl methyl sites for hydroxylation is 1. The van der Waals surface area contributed by atoms with Gasteiger partial charge in [0.25, 0.3) is 0 Å². The van der Waals surface area contributed by atoms with Gasteiger partial charge < -0.3 is 4.74 Å². The van der Waals surface area contributed by atoms with E-state index >= 15 is 0 Å². The van der Waals surface area contributed by atoms with Gasteiger partial charge in [-0.05, 0) is 43.1 Å². The zero-order valence-corrected chi connectivity index (χ0v) is 15.7. The molecule has 3 heterocycles. The summed E-state index contributed by atoms with van der Waals surface area (Å²) in [5.41, 5.74) is 1.53. The lowest BCUT2D eigenvalue weighted by Gasteiger charge is -2.27. The number of methoxy groups -OCH3 is 1. The molecule has 9 heteroatoms. The summed E-state index contributed by atoms with van der Waals surface area (Å²) < 4.78 is 6.84. The van der Waals surface area contributed by atoms with E-state index in [0.29, 0.717) is 12.1 Å². The second kappa shape index (κ2) is 7.29. The molecular weight excluding hydrogens is 364 g/mol. The van der Waals surface area contributed by atoms with Crippen molar-refractivity contribution in [3.8, 4) is 0 Å². The van der Waals surface area contributed by atoms with E-state index in [1.807, 2.05) is 43.7 Å². The SMILES string of the molecule is COC(=O)c1ccc(SN2C=C(Nc3cc(C)[nH]n3)[NH+]3C=CN=C3C2)cc1. The average molecular weight is 383 g/mol. The molecule has 0 bridgehead atoms. The van der Waals surface area contributed by atoms with Gasteiger partial charge in [-0.15, -0.1) is 0 Å². The topological polar surface area (TPSA) is 87.0 Å². The lowest BCUT2D eigenvalue weighted by molar-refractivity contribution is -0.699. The number of amidine groups is 1. The first-order valence-corrected chi connectivity index (χ1v) is 9.14. The molecular formula is C18H19N6O2S+. The third-order valence-corrected chi connectivity index (χ3v) is 5.07. The number of aliphatic imine (C=N–C) groups is 1. The van der Waals surface area contributed by atoms with Gasteiger partial charge in [0.05, 0.1) is 25.1 Å². The molecule has 0 spiro atoms. The molecule has 0 fully saturated rings. The molecule has 2 aromatic rings. The third-order valence-electron chi connectivity index (χ3n) is 4.12. The van der Waals surface area contributed by atoms with Gasteiger partial charge in [0.15, 0.2) is 5.82 Å². The van der Waals surface area contributed by atoms with Crippen LogP contribution in [0.4, 0.5) is 5.82 Å². The van der Waals surface area contributed by atoms with Crippen molar-refractivity contribution in [3.63, 3.8) is 0 Å². The molecule has 3 N–H and O–H groups in total. The molecule has 1 unspecified atom stereocenters. The van der Waals surface area contributed by atoms with Crippen molar-refractivity contribution in [1.29, 1.82) is 0 Å². The van der Waals surface area contributed by atoms with Crippen LogP contribution in [0.1, 0.15) is 16.1 Å². The zero-order valence-electron chi connectivity index (χ0n) is 14.9. The van der Waals surface area contributed by atoms with Crippen LogP contribution >= 0.6 is 11.9 Å². The summed E-state index contributed by atoms with van der Waals surface area (Å²) in [7, 11) is 1.38. The quantitative estimate of drug-likeness (QED) is 0.536. The standard InChI is InChI=1S/C18H18N6O2S/c1-12-9-15(22-21-12)20-17-11-23(10-16-19-7-8-24(16)17)27-14-5-3-13(4-6-14)18(25)26-2/h3-9,11H,10H2,1-2H3,(H2,20,21,22)/p+1. The maximum absolute atomic E-state index is 11.6. The second-order valence-electron chi connectivity index (χ2n) is 6.09. The summed E-state index contributed by atoms with van der Waals surface area (Å²) in [6.07, 6.45) is 5.86. The van der Waals surface area contributed by atoms with Crippen LogP contribution in [0, 0.1) is 6.92 Å². The van der Waals surface area contributed by atoms with Gasteiger partial charge in [-0.2, -0.15) is 5.10 Å². The molecule has 1 aromatic carbocycles. The number of fused-ring (bicyclic) bond motifs is 1. The molecule has 1 aromatic heterocycles. The van der Waals surface area contributed by atoms with Gasteiger partial charge in [0.2, 0.25) is 11.7 Å². The molecule has 2 aliphatic rings. The number of hydrogen-bond donors (Lipinski definition) is 3. The maximum Gasteiger partial charge on any atom is 0.337 e. The van der Waals surface area contributed by atoms with Gasteiger partial charge in [-0.1, -0.05) is 0 Å². The normalized spacial score (nSPS) is 18.0. The molecule has 1 atom stereocenters. The number of nitrogens with zero attached hydrogens (tertiary/aromatic N) is 3. The van der Waals surface area contributed by atoms with E-state index in [-0.39, 0.29) is 5.97 Å². The number of aromatic amines is 1. The Morgan fingerprint density at radius 1 is 1.37 bits per heavy atom. The maximum atomic E-state index is 11.6. The first-order chi connectivity index (χ1) is 13.1. The number of esters is 1. The van der Waals surface area contributed by atoms with Crippen molar-refractivity contribution < 1.29 is 14.4 Å². The highest BCUT2D eigenvalue weighted by Crippen LogP contribution is 2.25. The molecule has 138 valence electrons. The number of carbonyl (C=O) groups excluding carboxylic acids is 1. The van der Waals surface area contributed by atoms with Crippen LogP contribution < -0.4 is 10.2 Å². The Bertz CT molecular complexity index is 947. The number of rotatable bonds is 5. The Morgan fingerprint density at radius 3 is 2.89 bits per heavy atom. The first-order valence-electron chi connectivity index (χ1n) is 8.37. The molecule has 0 amide bonds. The Balaban J connectivity index is 1.52. The van der Waals surface area contributed by atoms with Gasteiger partial charge in [0.1, 0.15) is 12.7 Å². The highest BCUT2D eigenvalue weighted by molar-refractivity contribution is 7.97. The van der Waals surface area contributed by atoms with Crippen molar-refractivity contribution in [3.05, 3.63) is 66.0 Å². The summed E-state index contributed by atoms with van der Waals surface area (Å²) in [6, 6.07) is 9.29. The number of anilines is 1. The minimum Gasteiger partial charge on any atom is -0.465 e. The molecule has 8 nitrogen and oxygen atoms in total. The number of quaternary nitrogens is 1. The number of H-pyrrole nitrogens is 1. The fraction of sp³-hybridized carbons (Fsp3) is 0.167. The number of aromatic nitrogens is 2. The number of ether oxygens (including phenoxy) is 1. The summed E-state index contributed by atoms with van der Waals surface area (Å²) in [6.45, 7) is 2.65. The number of carbonyl (C=O) groups is 1. The summed E-state index contributed by atoms with van der Waals surface area (Å²) >= 11 is 1.58. The van der Waals surface area contributed by atoms with Crippen molar-refractivity contribution in [2.45, 2.75) is 11.8 Å². The van der Waals surface area contributed by atoms with E-state index in [1.54, 1.807) is 24.1 Å². The highest BCUT2D eigenvalue weighted by atomic mass is 32.2. The van der Waals surface area contributed by atoms with Crippen LogP contribution in [-0.4, -0.2) is 40.0 Å². The van der Waals surface area contributed by atoms with Crippen LogP contribution in [-0.2, 0) is 4.74 Å². The third kappa shape index (κ3) is 3.74. The number of hydrogen-bond acceptors (Lipinski definition) is 7. The lowest BCUT2D eigenvalue weighted by atomic mass is 10.2. The highest BCUT2D eigenvalue weighted by Gasteiger charge is 2.32. The van der Waals surface area contributed by atoms with E-state index in [9.17, 15) is 4.79 Å². The van der Waals surface area contributed by atoms with E-state index in [0.717, 1.165) is 33.0 Å². The Kier molecular flexibility index (Phi) is 4.69. The Hall–Kier alpha value is -3.04. The molecule has 0 radical (unpaired) electrons. The van der Waals surface area contributed by atoms with Crippen LogP contribution in [0.3, 0.4) is 0 Å². The van der Waals surface area contributed by atoms with Gasteiger partial charge >= 0.3 is 5.97 Å². The van der Waals surface area contributed by atoms with E-state index in [1.165, 1.54) is 7.11 Å². The molecule has 4 rings (SSSR count). The Morgan fingerprint density at radius 2 is 2.19 bits per heavy atom. The smallest absolute Gasteiger partial charge is 0.337 e. The fourth-order valence-corrected chi connectivity index (χ4v) is 3.70. The summed E-state index contributed by atoms with van der Waals surface area (Å²) in [5, 5.41) is 10.5. The zero-order chi connectivity index (χ0) is 18.8. The predicted octanol–water partition coefficient (Wildman–Crippen LogP) is 1.51. The summed E-state index contributed by atoms with van der Waals surface area (Å²) in [5.74, 6) is 2.38. The van der Waals surface area contributed by atoms with E-state index < -0.39 is 0 Å². The van der Waals surface area contributed by atoms with E-state index in [4.69, 9.17) is 4.74 Å². The second-order valence-corrected chi connectivity index (χ2v) is 7.21. The lowest BCUT2D eigenvalue weighted by Crippen LogP contribution is -3.10. The predicted molar refractivity (Wildman–Crippen MR) is 103 cm³/mol. The molecule has 0 saturated carbocycles. The van der Waals surface area contributed by atoms with Crippen molar-refractivity contribution in [2.75, 3.05) is 19.0 Å². The molecule has 0 saturated heterocycles. The Labute approximate surface area is 160 Å². The van der Waals surface area contributed by atoms with Crippen LogP contribution in [0.5, 0.6) is 0 Å². The van der Waals surface area contributed by atoms with Crippen molar-refractivity contribution in [2.24, 2.45) is 4.99 Å². The number of benzene rings is 1. The van der Waals surface area contributed by atoms with Crippen LogP contribution in [0.25, 0.3) is 0 Å². The van der Waals surface area contributed by atoms with Crippen molar-refractivity contribution >= 4 is 29.6 Å². The monoisotopic (exact) mass is 383 g/mol. The largest absolute Gasteiger partial charge is 0.465 e. The summed E-state index contributed by atoms with van der Waals surface area (Å²) in [4.78, 5) is 18.1. The number of nitrogens with one attached hydrogen (secondary N) is 3. The van der Waals surface area contributed by atoms with Gasteiger partial charge in [-0.3, -0.25) is 14.7 Å². The van der Waals surface area contributed by atoms with Crippen LogP contribution in [0.15, 0.2) is 64.6 Å². The first kappa shape index (κ1) is 17.4. The van der Waals surface area contributed by atoms with Crippen molar-refractivity contribution in [1.82, 2.24) is 14.5 Å². The average Bonchev–Trinajstić information content (AvgIpc) is 3.30. The minimum absolute atomic E-state index is 0.337. The van der Waals surface area contributed by atoms with Gasteiger partial charge in [0, 0.05) is 16.7 Å². The fourth-order valence-electron chi connectivity index (χ4n) is 2.83. The molecule has 0 aliphatic carbocycles.